The Kier molecular flexibility index (Phi) is 2.88. The fraction of sp³-hybridized carbons (Fsp3) is 0.632. The molecular weight excluding hydrogens is 242 g/mol. The summed E-state index contributed by atoms with van der Waals surface area (Å²) in [6, 6.07) is 11.3. The molecule has 1 unspecified atom stereocenters. The molecule has 1 aromatic rings. The van der Waals surface area contributed by atoms with Gasteiger partial charge >= 0.3 is 0 Å². The zero-order valence-electron chi connectivity index (χ0n) is 12.3. The van der Waals surface area contributed by atoms with Crippen molar-refractivity contribution in [2.24, 2.45) is 29.6 Å². The van der Waals surface area contributed by atoms with Gasteiger partial charge in [0.2, 0.25) is 0 Å². The molecule has 0 heterocycles. The van der Waals surface area contributed by atoms with Crippen molar-refractivity contribution in [2.45, 2.75) is 44.9 Å². The third-order valence-corrected chi connectivity index (χ3v) is 6.22. The maximum atomic E-state index is 9.80. The van der Waals surface area contributed by atoms with Gasteiger partial charge in [-0.3, -0.25) is 0 Å². The van der Waals surface area contributed by atoms with Crippen LogP contribution in [0, 0.1) is 47.8 Å². The lowest BCUT2D eigenvalue weighted by Gasteiger charge is -2.55. The van der Waals surface area contributed by atoms with E-state index in [4.69, 9.17) is 0 Å². The Morgan fingerprint density at radius 3 is 2.25 bits per heavy atom. The molecule has 5 rings (SSSR count). The highest BCUT2D eigenvalue weighted by atomic mass is 14.6. The largest absolute Gasteiger partial charge is 0.198 e. The SMILES string of the molecule is Cc1cccc(C(C#N)C2C3CC4CC(C3)CC2C4)c1. The molecule has 1 heteroatoms. The van der Waals surface area contributed by atoms with Gasteiger partial charge in [-0.25, -0.2) is 0 Å². The zero-order valence-corrected chi connectivity index (χ0v) is 12.3. The van der Waals surface area contributed by atoms with Crippen LogP contribution >= 0.6 is 0 Å². The van der Waals surface area contributed by atoms with E-state index in [-0.39, 0.29) is 5.92 Å². The molecule has 0 saturated heterocycles. The normalized spacial score (nSPS) is 39.5. The lowest BCUT2D eigenvalue weighted by Crippen LogP contribution is -2.47. The lowest BCUT2D eigenvalue weighted by molar-refractivity contribution is -0.0411. The van der Waals surface area contributed by atoms with Crippen molar-refractivity contribution < 1.29 is 0 Å². The molecular formula is C19H23N. The highest BCUT2D eigenvalue weighted by Crippen LogP contribution is 2.59. The van der Waals surface area contributed by atoms with E-state index in [2.05, 4.69) is 37.3 Å². The molecule has 4 fully saturated rings. The van der Waals surface area contributed by atoms with Gasteiger partial charge in [-0.05, 0) is 74.2 Å². The summed E-state index contributed by atoms with van der Waals surface area (Å²) >= 11 is 0. The number of rotatable bonds is 2. The van der Waals surface area contributed by atoms with Crippen LogP contribution in [0.3, 0.4) is 0 Å². The van der Waals surface area contributed by atoms with Crippen molar-refractivity contribution in [3.8, 4) is 6.07 Å². The molecule has 0 spiro atoms. The standard InChI is InChI=1S/C19H23N/c1-12-3-2-4-15(5-12)18(11-20)19-16-7-13-6-14(9-16)10-17(19)8-13/h2-5,13-14,16-19H,6-10H2,1H3. The maximum absolute atomic E-state index is 9.80. The van der Waals surface area contributed by atoms with Crippen molar-refractivity contribution in [2.75, 3.05) is 0 Å². The van der Waals surface area contributed by atoms with Gasteiger partial charge < -0.3 is 0 Å². The Labute approximate surface area is 122 Å². The van der Waals surface area contributed by atoms with Gasteiger partial charge in [0.15, 0.2) is 0 Å². The van der Waals surface area contributed by atoms with Crippen LogP contribution in [-0.2, 0) is 0 Å². The fourth-order valence-electron chi connectivity index (χ4n) is 5.76. The second-order valence-electron chi connectivity index (χ2n) is 7.53. The summed E-state index contributed by atoms with van der Waals surface area (Å²) in [5.41, 5.74) is 2.55. The predicted molar refractivity (Wildman–Crippen MR) is 80.1 cm³/mol. The van der Waals surface area contributed by atoms with E-state index in [1.807, 2.05) is 0 Å². The quantitative estimate of drug-likeness (QED) is 0.762. The Hall–Kier alpha value is -1.29. The average molecular weight is 265 g/mol. The number of nitrogens with zero attached hydrogens (tertiary/aromatic N) is 1. The predicted octanol–water partition coefficient (Wildman–Crippen LogP) is 4.67. The van der Waals surface area contributed by atoms with Crippen LogP contribution in [-0.4, -0.2) is 0 Å². The van der Waals surface area contributed by atoms with Crippen LogP contribution < -0.4 is 0 Å². The first-order chi connectivity index (χ1) is 9.74. The molecule has 104 valence electrons. The lowest BCUT2D eigenvalue weighted by atomic mass is 9.49. The number of aryl methyl sites for hydroxylation is 1. The molecule has 0 aliphatic heterocycles. The van der Waals surface area contributed by atoms with Crippen LogP contribution in [0.1, 0.15) is 49.1 Å². The molecule has 0 amide bonds. The van der Waals surface area contributed by atoms with Gasteiger partial charge in [0, 0.05) is 0 Å². The maximum Gasteiger partial charge on any atom is 0.0746 e. The van der Waals surface area contributed by atoms with Crippen molar-refractivity contribution in [3.05, 3.63) is 35.4 Å². The molecule has 0 radical (unpaired) electrons. The first-order valence-corrected chi connectivity index (χ1v) is 8.20. The Bertz CT molecular complexity index is 525. The van der Waals surface area contributed by atoms with E-state index in [0.717, 1.165) is 23.7 Å². The minimum atomic E-state index is 0.130. The summed E-state index contributed by atoms with van der Waals surface area (Å²) in [4.78, 5) is 0. The molecule has 1 atom stereocenters. The molecule has 4 aliphatic rings. The Morgan fingerprint density at radius 2 is 1.70 bits per heavy atom. The second kappa shape index (κ2) is 4.62. The third-order valence-electron chi connectivity index (χ3n) is 6.22. The third kappa shape index (κ3) is 1.89. The van der Waals surface area contributed by atoms with Crippen molar-refractivity contribution in [1.82, 2.24) is 0 Å². The fourth-order valence-corrected chi connectivity index (χ4v) is 5.76. The van der Waals surface area contributed by atoms with Gasteiger partial charge in [-0.15, -0.1) is 0 Å². The van der Waals surface area contributed by atoms with Gasteiger partial charge in [0.1, 0.15) is 0 Å². The van der Waals surface area contributed by atoms with Crippen LogP contribution in [0.25, 0.3) is 0 Å². The Morgan fingerprint density at radius 1 is 1.05 bits per heavy atom. The highest BCUT2D eigenvalue weighted by Gasteiger charge is 2.50. The number of nitriles is 1. The van der Waals surface area contributed by atoms with E-state index in [1.54, 1.807) is 0 Å². The smallest absolute Gasteiger partial charge is 0.0746 e. The van der Waals surface area contributed by atoms with Crippen molar-refractivity contribution >= 4 is 0 Å². The number of hydrogen-bond acceptors (Lipinski definition) is 1. The van der Waals surface area contributed by atoms with Crippen LogP contribution in [0.15, 0.2) is 24.3 Å². The molecule has 4 bridgehead atoms. The molecule has 20 heavy (non-hydrogen) atoms. The minimum Gasteiger partial charge on any atom is -0.198 e. The topological polar surface area (TPSA) is 23.8 Å². The molecule has 0 aromatic heterocycles. The van der Waals surface area contributed by atoms with E-state index in [1.165, 1.54) is 43.2 Å². The van der Waals surface area contributed by atoms with E-state index in [0.29, 0.717) is 5.92 Å². The van der Waals surface area contributed by atoms with Gasteiger partial charge in [-0.2, -0.15) is 5.26 Å². The monoisotopic (exact) mass is 265 g/mol. The van der Waals surface area contributed by atoms with Crippen LogP contribution in [0.5, 0.6) is 0 Å². The first kappa shape index (κ1) is 12.5. The molecule has 4 saturated carbocycles. The van der Waals surface area contributed by atoms with Crippen LogP contribution in [0.4, 0.5) is 0 Å². The number of benzene rings is 1. The van der Waals surface area contributed by atoms with Crippen LogP contribution in [0.2, 0.25) is 0 Å². The van der Waals surface area contributed by atoms with Gasteiger partial charge in [-0.1, -0.05) is 29.8 Å². The number of hydrogen-bond donors (Lipinski definition) is 0. The van der Waals surface area contributed by atoms with E-state index >= 15 is 0 Å². The van der Waals surface area contributed by atoms with E-state index in [9.17, 15) is 5.26 Å². The van der Waals surface area contributed by atoms with Crippen molar-refractivity contribution in [3.63, 3.8) is 0 Å². The van der Waals surface area contributed by atoms with Gasteiger partial charge in [0.25, 0.3) is 0 Å². The van der Waals surface area contributed by atoms with Gasteiger partial charge in [0.05, 0.1) is 12.0 Å². The highest BCUT2D eigenvalue weighted by molar-refractivity contribution is 5.31. The minimum absolute atomic E-state index is 0.130. The summed E-state index contributed by atoms with van der Waals surface area (Å²) in [6.07, 6.45) is 7.11. The molecule has 1 nitrogen and oxygen atoms in total. The first-order valence-electron chi connectivity index (χ1n) is 8.20. The molecule has 0 N–H and O–H groups in total. The Balaban J connectivity index is 1.67. The summed E-state index contributed by atoms with van der Waals surface area (Å²) in [6.45, 7) is 2.13. The van der Waals surface area contributed by atoms with Crippen molar-refractivity contribution in [1.29, 1.82) is 5.26 Å². The average Bonchev–Trinajstić information content (AvgIpc) is 2.42. The second-order valence-corrected chi connectivity index (χ2v) is 7.53. The van der Waals surface area contributed by atoms with E-state index < -0.39 is 0 Å². The zero-order chi connectivity index (χ0) is 13.7. The summed E-state index contributed by atoms with van der Waals surface area (Å²) in [5.74, 6) is 4.41. The summed E-state index contributed by atoms with van der Waals surface area (Å²) in [7, 11) is 0. The molecule has 1 aromatic carbocycles. The summed E-state index contributed by atoms with van der Waals surface area (Å²) < 4.78 is 0. The summed E-state index contributed by atoms with van der Waals surface area (Å²) in [5, 5.41) is 9.80. The molecule has 4 aliphatic carbocycles.